The van der Waals surface area contributed by atoms with Crippen LogP contribution in [-0.4, -0.2) is 77.5 Å². The first-order valence-corrected chi connectivity index (χ1v) is 11.3. The van der Waals surface area contributed by atoms with Crippen molar-refractivity contribution < 1.29 is 19.1 Å². The highest BCUT2D eigenvalue weighted by atomic mass is 35.5. The molecule has 0 bridgehead atoms. The molecule has 0 aromatic heterocycles. The second kappa shape index (κ2) is 9.65. The number of benzene rings is 1. The third-order valence-corrected chi connectivity index (χ3v) is 6.21. The topological polar surface area (TPSA) is 70.2 Å². The predicted molar refractivity (Wildman–Crippen MR) is 119 cm³/mol. The molecule has 2 aliphatic rings. The minimum atomic E-state index is -0.545. The third kappa shape index (κ3) is 6.04. The quantitative estimate of drug-likeness (QED) is 0.657. The molecule has 2 aliphatic heterocycles. The molecule has 7 nitrogen and oxygen atoms in total. The summed E-state index contributed by atoms with van der Waals surface area (Å²) in [6, 6.07) is 4.82. The van der Waals surface area contributed by atoms with E-state index in [-0.39, 0.29) is 23.8 Å². The summed E-state index contributed by atoms with van der Waals surface area (Å²) in [6.45, 7) is 8.30. The maximum atomic E-state index is 13.1. The summed E-state index contributed by atoms with van der Waals surface area (Å²) in [5.74, 6) is -0.352. The van der Waals surface area contributed by atoms with Crippen molar-refractivity contribution >= 4 is 41.1 Å². The van der Waals surface area contributed by atoms with E-state index in [1.165, 1.54) is 0 Å². The van der Waals surface area contributed by atoms with E-state index >= 15 is 0 Å². The molecule has 2 heterocycles. The molecule has 31 heavy (non-hydrogen) atoms. The number of hydrogen-bond donors (Lipinski definition) is 0. The molecule has 1 aromatic carbocycles. The monoisotopic (exact) mass is 469 g/mol. The van der Waals surface area contributed by atoms with Gasteiger partial charge in [0, 0.05) is 44.8 Å². The molecule has 1 unspecified atom stereocenters. The van der Waals surface area contributed by atoms with Gasteiger partial charge in [-0.3, -0.25) is 9.59 Å². The smallest absolute Gasteiger partial charge is 0.410 e. The minimum Gasteiger partial charge on any atom is -0.444 e. The Labute approximate surface area is 193 Å². The summed E-state index contributed by atoms with van der Waals surface area (Å²) < 4.78 is 5.41. The summed E-state index contributed by atoms with van der Waals surface area (Å²) in [7, 11) is 0. The van der Waals surface area contributed by atoms with E-state index in [4.69, 9.17) is 27.9 Å². The summed E-state index contributed by atoms with van der Waals surface area (Å²) in [5.41, 5.74) is -0.0790. The third-order valence-electron chi connectivity index (χ3n) is 5.47. The fourth-order valence-electron chi connectivity index (χ4n) is 3.87. The van der Waals surface area contributed by atoms with Crippen molar-refractivity contribution in [2.75, 3.05) is 39.3 Å². The lowest BCUT2D eigenvalue weighted by Crippen LogP contribution is -2.54. The Morgan fingerprint density at radius 3 is 2.19 bits per heavy atom. The van der Waals surface area contributed by atoms with Gasteiger partial charge in [0.2, 0.25) is 5.91 Å². The van der Waals surface area contributed by atoms with E-state index in [9.17, 15) is 14.4 Å². The normalized spacial score (nSPS) is 19.9. The number of hydrogen-bond acceptors (Lipinski definition) is 4. The van der Waals surface area contributed by atoms with Crippen LogP contribution in [0.3, 0.4) is 0 Å². The first-order chi connectivity index (χ1) is 14.5. The van der Waals surface area contributed by atoms with Crippen molar-refractivity contribution in [2.45, 2.75) is 39.2 Å². The lowest BCUT2D eigenvalue weighted by molar-refractivity contribution is -0.138. The molecular weight excluding hydrogens is 441 g/mol. The highest BCUT2D eigenvalue weighted by Gasteiger charge is 2.34. The molecule has 2 fully saturated rings. The molecule has 0 N–H and O–H groups in total. The molecule has 0 aliphatic carbocycles. The molecule has 0 spiro atoms. The lowest BCUT2D eigenvalue weighted by atomic mass is 9.95. The molecule has 2 saturated heterocycles. The number of carbonyl (C=O) groups excluding carboxylic acids is 3. The zero-order chi connectivity index (χ0) is 22.8. The van der Waals surface area contributed by atoms with Crippen LogP contribution in [0.1, 0.15) is 44.0 Å². The van der Waals surface area contributed by atoms with Crippen molar-refractivity contribution in [3.8, 4) is 0 Å². The van der Waals surface area contributed by atoms with Crippen molar-refractivity contribution in [1.82, 2.24) is 14.7 Å². The lowest BCUT2D eigenvalue weighted by Gasteiger charge is -2.39. The number of nitrogens with zero attached hydrogens (tertiary/aromatic N) is 3. The van der Waals surface area contributed by atoms with E-state index in [1.54, 1.807) is 32.9 Å². The van der Waals surface area contributed by atoms with Gasteiger partial charge in [-0.2, -0.15) is 0 Å². The maximum absolute atomic E-state index is 13.1. The number of likely N-dealkylation sites (tertiary alicyclic amines) is 1. The molecule has 1 atom stereocenters. The molecule has 0 saturated carbocycles. The Kier molecular flexibility index (Phi) is 7.37. The predicted octanol–water partition coefficient (Wildman–Crippen LogP) is 3.92. The van der Waals surface area contributed by atoms with Gasteiger partial charge in [-0.05, 0) is 51.8 Å². The van der Waals surface area contributed by atoms with Gasteiger partial charge in [0.1, 0.15) is 5.60 Å². The number of rotatable bonds is 2. The second-order valence-electron chi connectivity index (χ2n) is 9.01. The van der Waals surface area contributed by atoms with Gasteiger partial charge in [-0.1, -0.05) is 23.2 Å². The summed E-state index contributed by atoms with van der Waals surface area (Å²) in [5, 5.41) is 0.732. The molecule has 1 aromatic rings. The van der Waals surface area contributed by atoms with E-state index in [0.717, 1.165) is 12.8 Å². The Bertz CT molecular complexity index is 848. The molecule has 3 rings (SSSR count). The van der Waals surface area contributed by atoms with E-state index in [0.29, 0.717) is 54.9 Å². The number of halogens is 2. The average Bonchev–Trinajstić information content (AvgIpc) is 2.73. The summed E-state index contributed by atoms with van der Waals surface area (Å²) >= 11 is 12.0. The van der Waals surface area contributed by atoms with Crippen LogP contribution in [-0.2, 0) is 9.53 Å². The van der Waals surface area contributed by atoms with Crippen LogP contribution < -0.4 is 0 Å². The summed E-state index contributed by atoms with van der Waals surface area (Å²) in [4.78, 5) is 43.3. The van der Waals surface area contributed by atoms with E-state index in [2.05, 4.69) is 0 Å². The Balaban J connectivity index is 1.56. The molecule has 0 radical (unpaired) electrons. The average molecular weight is 470 g/mol. The summed E-state index contributed by atoms with van der Waals surface area (Å²) in [6.07, 6.45) is 1.16. The number of piperidine rings is 1. The fraction of sp³-hybridized carbons (Fsp3) is 0.591. The van der Waals surface area contributed by atoms with Crippen LogP contribution in [0.2, 0.25) is 10.0 Å². The molecule has 170 valence electrons. The van der Waals surface area contributed by atoms with Crippen molar-refractivity contribution in [3.05, 3.63) is 33.8 Å². The Morgan fingerprint density at radius 1 is 0.935 bits per heavy atom. The first kappa shape index (κ1) is 23.7. The molecule has 9 heteroatoms. The van der Waals surface area contributed by atoms with E-state index < -0.39 is 5.60 Å². The standard InChI is InChI=1S/C22H29Cl2N3O4/c1-22(2,3)31-21(30)26-11-9-25(10-12-26)20(29)16-5-4-8-27(14-16)19(28)15-6-7-17(23)18(24)13-15/h6-7,13,16H,4-5,8-12,14H2,1-3H3. The van der Waals surface area contributed by atoms with Crippen LogP contribution in [0.15, 0.2) is 18.2 Å². The van der Waals surface area contributed by atoms with Gasteiger partial charge in [0.25, 0.3) is 5.91 Å². The van der Waals surface area contributed by atoms with Gasteiger partial charge in [0.15, 0.2) is 0 Å². The van der Waals surface area contributed by atoms with Gasteiger partial charge in [0.05, 0.1) is 16.0 Å². The van der Waals surface area contributed by atoms with Crippen LogP contribution in [0.4, 0.5) is 4.79 Å². The van der Waals surface area contributed by atoms with Crippen LogP contribution in [0.25, 0.3) is 0 Å². The SMILES string of the molecule is CC(C)(C)OC(=O)N1CCN(C(=O)C2CCCN(C(=O)c3ccc(Cl)c(Cl)c3)C2)CC1. The number of amides is 3. The van der Waals surface area contributed by atoms with Crippen molar-refractivity contribution in [1.29, 1.82) is 0 Å². The van der Waals surface area contributed by atoms with Gasteiger partial charge >= 0.3 is 6.09 Å². The van der Waals surface area contributed by atoms with Crippen LogP contribution in [0, 0.1) is 5.92 Å². The first-order valence-electron chi connectivity index (χ1n) is 10.6. The minimum absolute atomic E-state index is 0.0375. The van der Waals surface area contributed by atoms with Crippen molar-refractivity contribution in [3.63, 3.8) is 0 Å². The Morgan fingerprint density at radius 2 is 1.58 bits per heavy atom. The zero-order valence-corrected chi connectivity index (χ0v) is 19.7. The maximum Gasteiger partial charge on any atom is 0.410 e. The van der Waals surface area contributed by atoms with Gasteiger partial charge < -0.3 is 19.4 Å². The number of carbonyl (C=O) groups is 3. The van der Waals surface area contributed by atoms with Crippen LogP contribution in [0.5, 0.6) is 0 Å². The highest BCUT2D eigenvalue weighted by Crippen LogP contribution is 2.26. The molecule has 3 amide bonds. The molecular formula is C22H29Cl2N3O4. The number of piperazine rings is 1. The van der Waals surface area contributed by atoms with E-state index in [1.807, 2.05) is 20.8 Å². The number of ether oxygens (including phenoxy) is 1. The van der Waals surface area contributed by atoms with Gasteiger partial charge in [-0.25, -0.2) is 4.79 Å². The van der Waals surface area contributed by atoms with Crippen molar-refractivity contribution in [2.24, 2.45) is 5.92 Å². The fourth-order valence-corrected chi connectivity index (χ4v) is 4.17. The zero-order valence-electron chi connectivity index (χ0n) is 18.2. The van der Waals surface area contributed by atoms with Gasteiger partial charge in [-0.15, -0.1) is 0 Å². The largest absolute Gasteiger partial charge is 0.444 e. The van der Waals surface area contributed by atoms with Crippen LogP contribution >= 0.6 is 23.2 Å². The Hall–Kier alpha value is -1.99. The highest BCUT2D eigenvalue weighted by molar-refractivity contribution is 6.42. The second-order valence-corrected chi connectivity index (χ2v) is 9.83.